The Kier molecular flexibility index (Phi) is 4.45. The van der Waals surface area contributed by atoms with E-state index in [-0.39, 0.29) is 5.69 Å². The predicted molar refractivity (Wildman–Crippen MR) is 82.2 cm³/mol. The molecule has 0 radical (unpaired) electrons. The predicted octanol–water partition coefficient (Wildman–Crippen LogP) is 4.46. The molecule has 0 heterocycles. The number of benzene rings is 2. The highest BCUT2D eigenvalue weighted by Crippen LogP contribution is 2.24. The summed E-state index contributed by atoms with van der Waals surface area (Å²) in [5.41, 5.74) is 1.15. The number of nitrogens with zero attached hydrogens (tertiary/aromatic N) is 1. The van der Waals surface area contributed by atoms with Crippen molar-refractivity contribution in [2.75, 3.05) is 5.32 Å². The van der Waals surface area contributed by atoms with E-state index < -0.39 is 10.8 Å². The van der Waals surface area contributed by atoms with E-state index in [0.29, 0.717) is 26.9 Å². The van der Waals surface area contributed by atoms with Crippen molar-refractivity contribution < 1.29 is 9.72 Å². The summed E-state index contributed by atoms with van der Waals surface area (Å²) in [6.07, 6.45) is 0. The third-order valence-corrected chi connectivity index (χ3v) is 3.21. The third-order valence-electron chi connectivity index (χ3n) is 2.78. The van der Waals surface area contributed by atoms with Gasteiger partial charge in [-0.15, -0.1) is 0 Å². The summed E-state index contributed by atoms with van der Waals surface area (Å²) in [6.45, 7) is 1.57. The molecule has 0 saturated carbocycles. The van der Waals surface area contributed by atoms with Crippen molar-refractivity contribution in [3.05, 3.63) is 67.7 Å². The number of nitro groups is 1. The first-order valence-corrected chi connectivity index (χ1v) is 6.65. The van der Waals surface area contributed by atoms with Crippen molar-refractivity contribution >= 4 is 40.5 Å². The molecule has 5 nitrogen and oxygen atoms in total. The van der Waals surface area contributed by atoms with Gasteiger partial charge in [0.15, 0.2) is 0 Å². The Bertz CT molecular complexity index is 712. The number of hydrogen-bond donors (Lipinski definition) is 1. The van der Waals surface area contributed by atoms with E-state index in [1.54, 1.807) is 25.1 Å². The number of hydrogen-bond acceptors (Lipinski definition) is 3. The molecule has 1 amide bonds. The lowest BCUT2D eigenvalue weighted by molar-refractivity contribution is -0.385. The summed E-state index contributed by atoms with van der Waals surface area (Å²) >= 11 is 11.7. The first kappa shape index (κ1) is 15.3. The Morgan fingerprint density at radius 2 is 1.76 bits per heavy atom. The zero-order chi connectivity index (χ0) is 15.6. The highest BCUT2D eigenvalue weighted by molar-refractivity contribution is 6.35. The van der Waals surface area contributed by atoms with Crippen LogP contribution in [0.25, 0.3) is 0 Å². The minimum absolute atomic E-state index is 0.0302. The van der Waals surface area contributed by atoms with E-state index in [9.17, 15) is 14.9 Å². The van der Waals surface area contributed by atoms with Gasteiger partial charge in [0.25, 0.3) is 11.6 Å². The van der Waals surface area contributed by atoms with Crippen LogP contribution in [0.4, 0.5) is 11.4 Å². The van der Waals surface area contributed by atoms with E-state index in [1.165, 1.54) is 18.2 Å². The summed E-state index contributed by atoms with van der Waals surface area (Å²) in [5.74, 6) is -0.397. The van der Waals surface area contributed by atoms with Crippen molar-refractivity contribution in [1.29, 1.82) is 0 Å². The van der Waals surface area contributed by atoms with Gasteiger partial charge in [-0.05, 0) is 37.3 Å². The molecule has 0 unspecified atom stereocenters. The van der Waals surface area contributed by atoms with E-state index in [1.807, 2.05) is 0 Å². The normalized spacial score (nSPS) is 10.2. The molecule has 108 valence electrons. The molecule has 0 fully saturated rings. The molecule has 0 aliphatic carbocycles. The van der Waals surface area contributed by atoms with Gasteiger partial charge in [0.1, 0.15) is 0 Å². The summed E-state index contributed by atoms with van der Waals surface area (Å²) in [5, 5.41) is 14.2. The van der Waals surface area contributed by atoms with Crippen molar-refractivity contribution in [1.82, 2.24) is 0 Å². The number of halogens is 2. The molecule has 0 aliphatic heterocycles. The van der Waals surface area contributed by atoms with Gasteiger partial charge in [-0.25, -0.2) is 0 Å². The Balaban J connectivity index is 2.24. The van der Waals surface area contributed by atoms with Crippen LogP contribution < -0.4 is 5.32 Å². The van der Waals surface area contributed by atoms with E-state index in [4.69, 9.17) is 23.2 Å². The topological polar surface area (TPSA) is 72.2 Å². The average molecular weight is 325 g/mol. The van der Waals surface area contributed by atoms with Crippen LogP contribution in [0.2, 0.25) is 10.0 Å². The average Bonchev–Trinajstić information content (AvgIpc) is 2.36. The van der Waals surface area contributed by atoms with E-state index in [0.717, 1.165) is 0 Å². The van der Waals surface area contributed by atoms with Gasteiger partial charge < -0.3 is 5.32 Å². The zero-order valence-electron chi connectivity index (χ0n) is 10.9. The van der Waals surface area contributed by atoms with Crippen LogP contribution in [-0.4, -0.2) is 10.8 Å². The SMILES string of the molecule is Cc1cc(C(=O)Nc2cc(Cl)cc(Cl)c2)ccc1[N+](=O)[O-]. The van der Waals surface area contributed by atoms with Gasteiger partial charge in [-0.3, -0.25) is 14.9 Å². The second kappa shape index (κ2) is 6.11. The van der Waals surface area contributed by atoms with Crippen molar-refractivity contribution in [3.8, 4) is 0 Å². The maximum Gasteiger partial charge on any atom is 0.272 e. The molecule has 1 N–H and O–H groups in total. The van der Waals surface area contributed by atoms with Gasteiger partial charge in [0.2, 0.25) is 0 Å². The molecule has 0 aromatic heterocycles. The number of carbonyl (C=O) groups is 1. The summed E-state index contributed by atoms with van der Waals surface area (Å²) in [7, 11) is 0. The fourth-order valence-corrected chi connectivity index (χ4v) is 2.36. The fraction of sp³-hybridized carbons (Fsp3) is 0.0714. The first-order valence-electron chi connectivity index (χ1n) is 5.89. The maximum absolute atomic E-state index is 12.1. The Labute approximate surface area is 130 Å². The van der Waals surface area contributed by atoms with Crippen LogP contribution in [-0.2, 0) is 0 Å². The Morgan fingerprint density at radius 1 is 1.14 bits per heavy atom. The lowest BCUT2D eigenvalue weighted by Crippen LogP contribution is -2.12. The van der Waals surface area contributed by atoms with E-state index >= 15 is 0 Å². The molecule has 2 aromatic carbocycles. The van der Waals surface area contributed by atoms with Gasteiger partial charge in [0.05, 0.1) is 4.92 Å². The quantitative estimate of drug-likeness (QED) is 0.669. The minimum atomic E-state index is -0.492. The molecule has 7 heteroatoms. The largest absolute Gasteiger partial charge is 0.322 e. The number of nitrogens with one attached hydrogen (secondary N) is 1. The summed E-state index contributed by atoms with van der Waals surface area (Å²) in [6, 6.07) is 8.82. The lowest BCUT2D eigenvalue weighted by atomic mass is 10.1. The molecule has 0 spiro atoms. The third kappa shape index (κ3) is 3.71. The first-order chi connectivity index (χ1) is 9.86. The minimum Gasteiger partial charge on any atom is -0.322 e. The molecule has 0 saturated heterocycles. The lowest BCUT2D eigenvalue weighted by Gasteiger charge is -2.07. The number of anilines is 1. The van der Waals surface area contributed by atoms with Crippen LogP contribution in [0.15, 0.2) is 36.4 Å². The molecule has 0 aliphatic rings. The molecule has 2 aromatic rings. The fourth-order valence-electron chi connectivity index (χ4n) is 1.83. The molecular weight excluding hydrogens is 315 g/mol. The van der Waals surface area contributed by atoms with Gasteiger partial charge in [-0.2, -0.15) is 0 Å². The van der Waals surface area contributed by atoms with Crippen LogP contribution in [0, 0.1) is 17.0 Å². The van der Waals surface area contributed by atoms with Crippen LogP contribution in [0.3, 0.4) is 0 Å². The summed E-state index contributed by atoms with van der Waals surface area (Å²) < 4.78 is 0. The van der Waals surface area contributed by atoms with Gasteiger partial charge in [-0.1, -0.05) is 23.2 Å². The molecule has 21 heavy (non-hydrogen) atoms. The monoisotopic (exact) mass is 324 g/mol. The summed E-state index contributed by atoms with van der Waals surface area (Å²) in [4.78, 5) is 22.4. The smallest absolute Gasteiger partial charge is 0.272 e. The second-order valence-electron chi connectivity index (χ2n) is 4.37. The van der Waals surface area contributed by atoms with Gasteiger partial charge in [0, 0.05) is 32.9 Å². The zero-order valence-corrected chi connectivity index (χ0v) is 12.4. The molecule has 2 rings (SSSR count). The maximum atomic E-state index is 12.1. The number of amides is 1. The standard InChI is InChI=1S/C14H10Cl2N2O3/c1-8-4-9(2-3-13(8)18(20)21)14(19)17-12-6-10(15)5-11(16)7-12/h2-7H,1H3,(H,17,19). The molecule has 0 bridgehead atoms. The van der Waals surface area contributed by atoms with Gasteiger partial charge >= 0.3 is 0 Å². The Hall–Kier alpha value is -2.11. The van der Waals surface area contributed by atoms with Crippen molar-refractivity contribution in [2.24, 2.45) is 0 Å². The van der Waals surface area contributed by atoms with Crippen molar-refractivity contribution in [2.45, 2.75) is 6.92 Å². The Morgan fingerprint density at radius 3 is 2.29 bits per heavy atom. The second-order valence-corrected chi connectivity index (χ2v) is 5.24. The van der Waals surface area contributed by atoms with Crippen LogP contribution in [0.1, 0.15) is 15.9 Å². The number of carbonyl (C=O) groups excluding carboxylic acids is 1. The van der Waals surface area contributed by atoms with E-state index in [2.05, 4.69) is 5.32 Å². The number of rotatable bonds is 3. The van der Waals surface area contributed by atoms with Crippen molar-refractivity contribution in [3.63, 3.8) is 0 Å². The number of aryl methyl sites for hydroxylation is 1. The van der Waals surface area contributed by atoms with Crippen LogP contribution in [0.5, 0.6) is 0 Å². The highest BCUT2D eigenvalue weighted by Gasteiger charge is 2.14. The number of nitro benzene ring substituents is 1. The molecular formula is C14H10Cl2N2O3. The molecule has 0 atom stereocenters. The highest BCUT2D eigenvalue weighted by atomic mass is 35.5. The van der Waals surface area contributed by atoms with Crippen LogP contribution >= 0.6 is 23.2 Å².